The second-order valence-corrected chi connectivity index (χ2v) is 10.4. The fourth-order valence-electron chi connectivity index (χ4n) is 5.61. The van der Waals surface area contributed by atoms with E-state index < -0.39 is 12.1 Å². The van der Waals surface area contributed by atoms with Crippen LogP contribution in [0, 0.1) is 0 Å². The molecule has 0 unspecified atom stereocenters. The highest BCUT2D eigenvalue weighted by Crippen LogP contribution is 2.41. The van der Waals surface area contributed by atoms with Gasteiger partial charge in [0.1, 0.15) is 5.75 Å². The summed E-state index contributed by atoms with van der Waals surface area (Å²) in [6, 6.07) is 31.3. The molecule has 0 radical (unpaired) electrons. The van der Waals surface area contributed by atoms with E-state index in [0.29, 0.717) is 39.5 Å². The Bertz CT molecular complexity index is 1850. The summed E-state index contributed by atoms with van der Waals surface area (Å²) in [7, 11) is 3.09. The number of amides is 1. The highest BCUT2D eigenvalue weighted by atomic mass is 35.5. The molecule has 210 valence electrons. The van der Waals surface area contributed by atoms with Crippen LogP contribution >= 0.6 is 11.6 Å². The van der Waals surface area contributed by atoms with Crippen LogP contribution in [0.25, 0.3) is 22.0 Å². The molecule has 2 heterocycles. The van der Waals surface area contributed by atoms with Gasteiger partial charge in [-0.15, -0.1) is 0 Å². The van der Waals surface area contributed by atoms with E-state index in [1.807, 2.05) is 91.0 Å². The van der Waals surface area contributed by atoms with Crippen LogP contribution in [0.3, 0.4) is 0 Å². The lowest BCUT2D eigenvalue weighted by molar-refractivity contribution is -0.144. The molecule has 0 saturated heterocycles. The largest absolute Gasteiger partial charge is 0.496 e. The zero-order valence-corrected chi connectivity index (χ0v) is 23.8. The lowest BCUT2D eigenvalue weighted by Gasteiger charge is -2.27. The van der Waals surface area contributed by atoms with Crippen molar-refractivity contribution in [3.8, 4) is 16.9 Å². The molecule has 1 aliphatic rings. The summed E-state index contributed by atoms with van der Waals surface area (Å²) in [5.41, 5.74) is 4.32. The van der Waals surface area contributed by atoms with Crippen molar-refractivity contribution < 1.29 is 14.3 Å². The summed E-state index contributed by atoms with van der Waals surface area (Å²) in [6.45, 7) is 0. The van der Waals surface area contributed by atoms with Crippen molar-refractivity contribution in [3.63, 3.8) is 0 Å². The van der Waals surface area contributed by atoms with Gasteiger partial charge in [-0.3, -0.25) is 9.59 Å². The number of methoxy groups -OCH3 is 2. The zero-order valence-electron chi connectivity index (χ0n) is 23.1. The molecule has 0 spiro atoms. The summed E-state index contributed by atoms with van der Waals surface area (Å²) in [5.74, 6) is 0.274. The molecule has 0 saturated carbocycles. The van der Waals surface area contributed by atoms with E-state index in [0.717, 1.165) is 22.1 Å². The Morgan fingerprint density at radius 2 is 1.60 bits per heavy atom. The first kappa shape index (κ1) is 27.4. The second-order valence-electron chi connectivity index (χ2n) is 9.97. The maximum atomic E-state index is 14.2. The number of carbonyl (C=O) groups is 1. The fraction of sp³-hybridized carbons (Fsp3) is 0.147. The Balaban J connectivity index is 1.56. The highest BCUT2D eigenvalue weighted by molar-refractivity contribution is 6.30. The van der Waals surface area contributed by atoms with E-state index in [2.05, 4.69) is 4.98 Å². The maximum absolute atomic E-state index is 14.2. The van der Waals surface area contributed by atoms with Gasteiger partial charge in [0, 0.05) is 40.6 Å². The number of nitrogens with one attached hydrogen (secondary N) is 1. The Morgan fingerprint density at radius 1 is 0.905 bits per heavy atom. The average Bonchev–Trinajstić information content (AvgIpc) is 3.46. The van der Waals surface area contributed by atoms with E-state index in [1.165, 1.54) is 12.1 Å². The Morgan fingerprint density at radius 3 is 2.33 bits per heavy atom. The van der Waals surface area contributed by atoms with Crippen molar-refractivity contribution in [3.05, 3.63) is 135 Å². The minimum absolute atomic E-state index is 0.291. The number of halogens is 1. The lowest BCUT2D eigenvalue weighted by atomic mass is 9.90. The standard InChI is InChI=1S/C34H28ClN3O4/c1-41-29-15-9-7-13-25(29)28-20-27(37-38(28)34(40)32(42-2)22-10-4-3-5-11-22)31-30(21-16-18-23(35)19-17-21)24-12-6-8-14-26(24)36-33(31)39/h3-19,28,32H,20H2,1-2H3,(H,36,39)/t28-,32+/m0/s1. The predicted octanol–water partition coefficient (Wildman–Crippen LogP) is 6.92. The van der Waals surface area contributed by atoms with Gasteiger partial charge < -0.3 is 14.5 Å². The van der Waals surface area contributed by atoms with Gasteiger partial charge in [0.2, 0.25) is 0 Å². The average molecular weight is 578 g/mol. The van der Waals surface area contributed by atoms with Gasteiger partial charge in [-0.1, -0.05) is 90.5 Å². The van der Waals surface area contributed by atoms with Crippen molar-refractivity contribution in [2.45, 2.75) is 18.6 Å². The number of carbonyl (C=O) groups excluding carboxylic acids is 1. The van der Waals surface area contributed by atoms with Crippen LogP contribution in [-0.2, 0) is 9.53 Å². The van der Waals surface area contributed by atoms with Gasteiger partial charge in [0.15, 0.2) is 6.10 Å². The molecule has 1 aliphatic heterocycles. The summed E-state index contributed by atoms with van der Waals surface area (Å²) in [5, 5.41) is 7.76. The molecular formula is C34H28ClN3O4. The molecule has 0 aliphatic carbocycles. The van der Waals surface area contributed by atoms with E-state index in [4.69, 9.17) is 26.2 Å². The molecule has 7 nitrogen and oxygen atoms in total. The number of ether oxygens (including phenoxy) is 2. The molecule has 42 heavy (non-hydrogen) atoms. The molecular weight excluding hydrogens is 550 g/mol. The maximum Gasteiger partial charge on any atom is 0.276 e. The number of nitrogens with zero attached hydrogens (tertiary/aromatic N) is 2. The third-order valence-corrected chi connectivity index (χ3v) is 7.79. The van der Waals surface area contributed by atoms with Crippen molar-refractivity contribution in [1.29, 1.82) is 0 Å². The number of aromatic amines is 1. The molecule has 2 atom stereocenters. The monoisotopic (exact) mass is 577 g/mol. The Kier molecular flexibility index (Phi) is 7.61. The minimum atomic E-state index is -0.892. The first-order chi connectivity index (χ1) is 20.5. The van der Waals surface area contributed by atoms with Gasteiger partial charge in [-0.05, 0) is 35.4 Å². The van der Waals surface area contributed by atoms with Crippen molar-refractivity contribution in [2.75, 3.05) is 14.2 Å². The highest BCUT2D eigenvalue weighted by Gasteiger charge is 2.39. The number of hydrazone groups is 1. The fourth-order valence-corrected chi connectivity index (χ4v) is 5.74. The topological polar surface area (TPSA) is 84.0 Å². The number of H-pyrrole nitrogens is 1. The number of para-hydroxylation sites is 2. The predicted molar refractivity (Wildman–Crippen MR) is 165 cm³/mol. The normalized spacial score (nSPS) is 15.5. The molecule has 5 aromatic rings. The van der Waals surface area contributed by atoms with E-state index in [1.54, 1.807) is 19.2 Å². The van der Waals surface area contributed by atoms with Crippen LogP contribution in [0.4, 0.5) is 0 Å². The molecule has 4 aromatic carbocycles. The smallest absolute Gasteiger partial charge is 0.276 e. The van der Waals surface area contributed by atoms with Crippen molar-refractivity contribution in [1.82, 2.24) is 9.99 Å². The minimum Gasteiger partial charge on any atom is -0.496 e. The van der Waals surface area contributed by atoms with Gasteiger partial charge in [0.05, 0.1) is 24.4 Å². The van der Waals surface area contributed by atoms with Crippen molar-refractivity contribution >= 4 is 34.1 Å². The van der Waals surface area contributed by atoms with Crippen LogP contribution in [0.2, 0.25) is 5.02 Å². The number of benzene rings is 4. The Labute approximate surface area is 248 Å². The van der Waals surface area contributed by atoms with Crippen LogP contribution in [-0.4, -0.2) is 35.8 Å². The molecule has 0 bridgehead atoms. The van der Waals surface area contributed by atoms with E-state index in [-0.39, 0.29) is 11.5 Å². The molecule has 0 fully saturated rings. The third-order valence-electron chi connectivity index (χ3n) is 7.54. The zero-order chi connectivity index (χ0) is 29.2. The van der Waals surface area contributed by atoms with Gasteiger partial charge in [-0.25, -0.2) is 5.01 Å². The number of aromatic nitrogens is 1. The number of rotatable bonds is 7. The Hall–Kier alpha value is -4.72. The van der Waals surface area contributed by atoms with E-state index in [9.17, 15) is 9.59 Å². The number of hydrogen-bond donors (Lipinski definition) is 1. The van der Waals surface area contributed by atoms with Crippen LogP contribution in [0.15, 0.2) is 113 Å². The molecule has 1 aromatic heterocycles. The molecule has 1 amide bonds. The number of hydrogen-bond acceptors (Lipinski definition) is 5. The van der Waals surface area contributed by atoms with Gasteiger partial charge in [-0.2, -0.15) is 5.10 Å². The second kappa shape index (κ2) is 11.6. The van der Waals surface area contributed by atoms with Crippen LogP contribution in [0.5, 0.6) is 5.75 Å². The first-order valence-electron chi connectivity index (χ1n) is 13.5. The summed E-state index contributed by atoms with van der Waals surface area (Å²) >= 11 is 6.22. The number of pyridine rings is 1. The quantitative estimate of drug-likeness (QED) is 0.227. The molecule has 6 rings (SSSR count). The summed E-state index contributed by atoms with van der Waals surface area (Å²) in [4.78, 5) is 31.0. The molecule has 1 N–H and O–H groups in total. The summed E-state index contributed by atoms with van der Waals surface area (Å²) < 4.78 is 11.4. The van der Waals surface area contributed by atoms with Crippen LogP contribution in [0.1, 0.15) is 35.3 Å². The lowest BCUT2D eigenvalue weighted by Crippen LogP contribution is -2.32. The number of fused-ring (bicyclic) bond motifs is 1. The first-order valence-corrected chi connectivity index (χ1v) is 13.9. The van der Waals surface area contributed by atoms with Gasteiger partial charge in [0.25, 0.3) is 11.5 Å². The van der Waals surface area contributed by atoms with Crippen LogP contribution < -0.4 is 10.3 Å². The van der Waals surface area contributed by atoms with Gasteiger partial charge >= 0.3 is 0 Å². The summed E-state index contributed by atoms with van der Waals surface area (Å²) in [6.07, 6.45) is -0.601. The molecule has 8 heteroatoms. The van der Waals surface area contributed by atoms with Crippen molar-refractivity contribution in [2.24, 2.45) is 5.10 Å². The third kappa shape index (κ3) is 4.98. The van der Waals surface area contributed by atoms with E-state index >= 15 is 0 Å². The SMILES string of the molecule is COc1ccccc1[C@@H]1CC(c2c(-c3ccc(Cl)cc3)c3ccccc3[nH]c2=O)=NN1C(=O)[C@H](OC)c1ccccc1.